The van der Waals surface area contributed by atoms with Gasteiger partial charge < -0.3 is 14.2 Å². The number of methoxy groups -OCH3 is 1. The molecule has 2 aromatic carbocycles. The number of hydrogen-bond acceptors (Lipinski definition) is 7. The lowest BCUT2D eigenvalue weighted by Crippen LogP contribution is -2.30. The second-order valence-corrected chi connectivity index (χ2v) is 7.31. The molecule has 0 N–H and O–H groups in total. The van der Waals surface area contributed by atoms with Gasteiger partial charge in [-0.15, -0.1) is 0 Å². The molecule has 0 radical (unpaired) electrons. The lowest BCUT2D eigenvalue weighted by molar-refractivity contribution is -0.119. The van der Waals surface area contributed by atoms with Gasteiger partial charge in [0.05, 0.1) is 23.5 Å². The molecule has 0 aliphatic carbocycles. The number of carbonyl (C=O) groups is 1. The summed E-state index contributed by atoms with van der Waals surface area (Å²) in [7, 11) is 1.61. The summed E-state index contributed by atoms with van der Waals surface area (Å²) in [4.78, 5) is 17.6. The molecule has 0 fully saturated rings. The highest BCUT2D eigenvalue weighted by Crippen LogP contribution is 2.32. The van der Waals surface area contributed by atoms with E-state index in [1.807, 2.05) is 49.4 Å². The van der Waals surface area contributed by atoms with Gasteiger partial charge in [0, 0.05) is 0 Å². The summed E-state index contributed by atoms with van der Waals surface area (Å²) in [5.41, 5.74) is 2.77. The third-order valence-corrected chi connectivity index (χ3v) is 5.21. The van der Waals surface area contributed by atoms with Gasteiger partial charge in [-0.05, 0) is 30.7 Å². The first kappa shape index (κ1) is 18.9. The molecule has 29 heavy (non-hydrogen) atoms. The molecule has 0 saturated heterocycles. The highest BCUT2D eigenvalue weighted by molar-refractivity contribution is 7.22. The molecule has 1 aliphatic rings. The number of fused-ring (bicyclic) bond motifs is 1. The summed E-state index contributed by atoms with van der Waals surface area (Å²) in [5, 5.41) is 6.07. The van der Waals surface area contributed by atoms with Crippen LogP contribution in [0.25, 0.3) is 10.2 Å². The maximum atomic E-state index is 13.1. The standard InChI is InChI=1S/C21H19N3O4S/c1-14-3-5-15(6-4-14)12-22-24(20(25)18-13-27-9-10-28-18)21-23-17-8-7-16(26-2)11-19(17)29-21/h3-8,11-13H,9-10H2,1-2H3/b22-12-. The Labute approximate surface area is 171 Å². The van der Waals surface area contributed by atoms with Crippen LogP contribution in [-0.4, -0.2) is 37.4 Å². The lowest BCUT2D eigenvalue weighted by Gasteiger charge is -2.19. The second-order valence-electron chi connectivity index (χ2n) is 6.30. The summed E-state index contributed by atoms with van der Waals surface area (Å²) in [6.07, 6.45) is 2.94. The summed E-state index contributed by atoms with van der Waals surface area (Å²) in [6, 6.07) is 13.4. The van der Waals surface area contributed by atoms with Crippen molar-refractivity contribution in [2.24, 2.45) is 5.10 Å². The molecular formula is C21H19N3O4S. The minimum absolute atomic E-state index is 0.0918. The normalized spacial score (nSPS) is 13.7. The average Bonchev–Trinajstić information content (AvgIpc) is 3.18. The van der Waals surface area contributed by atoms with Crippen molar-refractivity contribution < 1.29 is 19.0 Å². The van der Waals surface area contributed by atoms with Gasteiger partial charge in [0.15, 0.2) is 0 Å². The van der Waals surface area contributed by atoms with Gasteiger partial charge in [-0.25, -0.2) is 4.98 Å². The van der Waals surface area contributed by atoms with Crippen molar-refractivity contribution in [3.8, 4) is 5.75 Å². The molecule has 1 amide bonds. The van der Waals surface area contributed by atoms with Gasteiger partial charge in [0.2, 0.25) is 10.9 Å². The lowest BCUT2D eigenvalue weighted by atomic mass is 10.2. The van der Waals surface area contributed by atoms with Crippen LogP contribution in [0, 0.1) is 6.92 Å². The zero-order valence-corrected chi connectivity index (χ0v) is 16.8. The highest BCUT2D eigenvalue weighted by atomic mass is 32.1. The van der Waals surface area contributed by atoms with Crippen LogP contribution >= 0.6 is 11.3 Å². The molecule has 1 aromatic heterocycles. The van der Waals surface area contributed by atoms with Crippen molar-refractivity contribution >= 4 is 38.8 Å². The second kappa shape index (κ2) is 8.32. The van der Waals surface area contributed by atoms with E-state index < -0.39 is 5.91 Å². The van der Waals surface area contributed by atoms with Crippen LogP contribution in [0.1, 0.15) is 11.1 Å². The molecule has 1 aliphatic heterocycles. The van der Waals surface area contributed by atoms with Crippen LogP contribution < -0.4 is 9.75 Å². The zero-order valence-electron chi connectivity index (χ0n) is 16.0. The average molecular weight is 409 g/mol. The molecule has 7 nitrogen and oxygen atoms in total. The Kier molecular flexibility index (Phi) is 5.44. The number of ether oxygens (including phenoxy) is 3. The summed E-state index contributed by atoms with van der Waals surface area (Å²) in [6.45, 7) is 2.73. The summed E-state index contributed by atoms with van der Waals surface area (Å²) < 4.78 is 16.8. The van der Waals surface area contributed by atoms with Gasteiger partial charge in [-0.1, -0.05) is 41.2 Å². The molecule has 0 atom stereocenters. The number of hydrazone groups is 1. The Bertz CT molecular complexity index is 1090. The van der Waals surface area contributed by atoms with Crippen molar-refractivity contribution in [3.63, 3.8) is 0 Å². The Hall–Kier alpha value is -3.39. The summed E-state index contributed by atoms with van der Waals surface area (Å²) >= 11 is 1.34. The van der Waals surface area contributed by atoms with E-state index in [-0.39, 0.29) is 5.76 Å². The van der Waals surface area contributed by atoms with Crippen molar-refractivity contribution in [1.29, 1.82) is 0 Å². The molecule has 0 spiro atoms. The molecule has 2 heterocycles. The van der Waals surface area contributed by atoms with E-state index in [1.165, 1.54) is 22.6 Å². The smallest absolute Gasteiger partial charge is 0.319 e. The molecular weight excluding hydrogens is 390 g/mol. The largest absolute Gasteiger partial charge is 0.497 e. The number of amides is 1. The maximum absolute atomic E-state index is 13.1. The van der Waals surface area contributed by atoms with Crippen LogP contribution in [0.4, 0.5) is 5.13 Å². The Morgan fingerprint density at radius 1 is 1.24 bits per heavy atom. The van der Waals surface area contributed by atoms with Crippen LogP contribution in [0.2, 0.25) is 0 Å². The quantitative estimate of drug-likeness (QED) is 0.472. The molecule has 148 valence electrons. The van der Waals surface area contributed by atoms with Crippen molar-refractivity contribution in [1.82, 2.24) is 4.98 Å². The Morgan fingerprint density at radius 3 is 2.79 bits per heavy atom. The maximum Gasteiger partial charge on any atom is 0.319 e. The molecule has 3 aromatic rings. The Balaban J connectivity index is 1.71. The first-order valence-corrected chi connectivity index (χ1v) is 9.80. The topological polar surface area (TPSA) is 73.2 Å². The number of aromatic nitrogens is 1. The molecule has 8 heteroatoms. The molecule has 0 saturated carbocycles. The number of thiazole rings is 1. The third-order valence-electron chi connectivity index (χ3n) is 4.22. The van der Waals surface area contributed by atoms with Crippen LogP contribution in [0.5, 0.6) is 5.75 Å². The van der Waals surface area contributed by atoms with Gasteiger partial charge in [-0.2, -0.15) is 10.1 Å². The SMILES string of the molecule is COc1ccc2nc(N(/N=C\c3ccc(C)cc3)C(=O)C3=COCCO3)sc2c1. The zero-order chi connectivity index (χ0) is 20.2. The monoisotopic (exact) mass is 409 g/mol. The number of aryl methyl sites for hydroxylation is 1. The van der Waals surface area contributed by atoms with E-state index in [0.717, 1.165) is 27.1 Å². The number of hydrogen-bond donors (Lipinski definition) is 0. The van der Waals surface area contributed by atoms with Gasteiger partial charge in [0.25, 0.3) is 0 Å². The van der Waals surface area contributed by atoms with Gasteiger partial charge >= 0.3 is 5.91 Å². The first-order chi connectivity index (χ1) is 14.1. The summed E-state index contributed by atoms with van der Waals surface area (Å²) in [5.74, 6) is 0.369. The number of anilines is 1. The fourth-order valence-electron chi connectivity index (χ4n) is 2.66. The van der Waals surface area contributed by atoms with E-state index >= 15 is 0 Å². The number of benzene rings is 2. The van der Waals surface area contributed by atoms with Crippen molar-refractivity contribution in [2.75, 3.05) is 25.3 Å². The fourth-order valence-corrected chi connectivity index (χ4v) is 3.61. The van der Waals surface area contributed by atoms with E-state index in [0.29, 0.717) is 18.3 Å². The molecule has 0 bridgehead atoms. The van der Waals surface area contributed by atoms with Gasteiger partial charge in [0.1, 0.15) is 25.2 Å². The van der Waals surface area contributed by atoms with E-state index in [2.05, 4.69) is 10.1 Å². The molecule has 0 unspecified atom stereocenters. The van der Waals surface area contributed by atoms with Crippen LogP contribution in [0.15, 0.2) is 59.6 Å². The van der Waals surface area contributed by atoms with E-state index in [1.54, 1.807) is 13.3 Å². The fraction of sp³-hybridized carbons (Fsp3) is 0.190. The van der Waals surface area contributed by atoms with Crippen molar-refractivity contribution in [2.45, 2.75) is 6.92 Å². The highest BCUT2D eigenvalue weighted by Gasteiger charge is 2.26. The Morgan fingerprint density at radius 2 is 2.07 bits per heavy atom. The van der Waals surface area contributed by atoms with E-state index in [9.17, 15) is 4.79 Å². The first-order valence-electron chi connectivity index (χ1n) is 8.98. The number of carbonyl (C=O) groups excluding carboxylic acids is 1. The number of rotatable bonds is 5. The minimum Gasteiger partial charge on any atom is -0.497 e. The third kappa shape index (κ3) is 4.22. The van der Waals surface area contributed by atoms with Crippen molar-refractivity contribution in [3.05, 3.63) is 65.6 Å². The predicted octanol–water partition coefficient (Wildman–Crippen LogP) is 3.87. The van der Waals surface area contributed by atoms with E-state index in [4.69, 9.17) is 14.2 Å². The predicted molar refractivity (Wildman–Crippen MR) is 112 cm³/mol. The van der Waals surface area contributed by atoms with Crippen LogP contribution in [0.3, 0.4) is 0 Å². The minimum atomic E-state index is -0.445. The molecule has 4 rings (SSSR count). The van der Waals surface area contributed by atoms with Gasteiger partial charge in [-0.3, -0.25) is 4.79 Å². The van der Waals surface area contributed by atoms with Crippen LogP contribution in [-0.2, 0) is 14.3 Å². The number of nitrogens with zero attached hydrogens (tertiary/aromatic N) is 3.